The number of hydrogen-bond acceptors (Lipinski definition) is 1. The van der Waals surface area contributed by atoms with Crippen LogP contribution >= 0.6 is 0 Å². The summed E-state index contributed by atoms with van der Waals surface area (Å²) in [5.41, 5.74) is 0. The summed E-state index contributed by atoms with van der Waals surface area (Å²) in [4.78, 5) is 11.8. The van der Waals surface area contributed by atoms with Crippen molar-refractivity contribution in [3.63, 3.8) is 0 Å². The Morgan fingerprint density at radius 1 is 0.917 bits per heavy atom. The van der Waals surface area contributed by atoms with Crippen LogP contribution in [0.3, 0.4) is 0 Å². The molecule has 1 nitrogen and oxygen atoms in total. The van der Waals surface area contributed by atoms with Crippen molar-refractivity contribution >= 4 is 3.49 Å². The summed E-state index contributed by atoms with van der Waals surface area (Å²) < 4.78 is 5.30. The van der Waals surface area contributed by atoms with Crippen molar-refractivity contribution in [2.45, 2.75) is 51.1 Å². The second kappa shape index (κ2) is 4.18. The first kappa shape index (κ1) is 12.6. The summed E-state index contributed by atoms with van der Waals surface area (Å²) in [6, 6.07) is 0. The molecule has 0 rings (SSSR count). The molecule has 0 aliphatic rings. The van der Waals surface area contributed by atoms with E-state index in [1.165, 1.54) is 16.5 Å². The van der Waals surface area contributed by atoms with Gasteiger partial charge in [0.15, 0.2) is 0 Å². The van der Waals surface area contributed by atoms with Gasteiger partial charge in [-0.2, -0.15) is 0 Å². The Kier molecular flexibility index (Phi) is 4.37. The topological polar surface area (TPSA) is 17.1 Å². The summed E-state index contributed by atoms with van der Waals surface area (Å²) in [7, 11) is 0. The Labute approximate surface area is 78.1 Å². The van der Waals surface area contributed by atoms with Gasteiger partial charge in [-0.15, -0.1) is 0 Å². The normalized spacial score (nSPS) is 15.2. The van der Waals surface area contributed by atoms with Crippen molar-refractivity contribution in [2.75, 3.05) is 0 Å². The second-order valence-corrected chi connectivity index (χ2v) is 23.7. The van der Waals surface area contributed by atoms with Gasteiger partial charge >= 0.3 is 78.2 Å². The van der Waals surface area contributed by atoms with Gasteiger partial charge < -0.3 is 0 Å². The minimum absolute atomic E-state index is 0.575. The number of rotatable bonds is 5. The zero-order valence-corrected chi connectivity index (χ0v) is 11.7. The average molecular weight is 251 g/mol. The molecule has 0 saturated heterocycles. The molecule has 0 heterocycles. The van der Waals surface area contributed by atoms with E-state index in [0.717, 1.165) is 0 Å². The summed E-state index contributed by atoms with van der Waals surface area (Å²) in [5.74, 6) is 0. The third kappa shape index (κ3) is 1.60. The quantitative estimate of drug-likeness (QED) is 0.721. The van der Waals surface area contributed by atoms with Gasteiger partial charge in [-0.1, -0.05) is 0 Å². The van der Waals surface area contributed by atoms with Gasteiger partial charge in [0.05, 0.1) is 0 Å². The van der Waals surface area contributed by atoms with Gasteiger partial charge in [0.25, 0.3) is 0 Å². The van der Waals surface area contributed by atoms with Crippen LogP contribution < -0.4 is 0 Å². The van der Waals surface area contributed by atoms with E-state index in [1.54, 1.807) is 0 Å². The third-order valence-corrected chi connectivity index (χ3v) is 27.8. The van der Waals surface area contributed by atoms with E-state index in [9.17, 15) is 4.79 Å². The predicted octanol–water partition coefficient (Wildman–Crippen LogP) is 3.98. The summed E-state index contributed by atoms with van der Waals surface area (Å²) >= 11 is -2.85. The molecule has 73 valence electrons. The van der Waals surface area contributed by atoms with Gasteiger partial charge in [0, 0.05) is 0 Å². The van der Waals surface area contributed by atoms with Crippen LogP contribution in [0.1, 0.15) is 34.6 Å². The van der Waals surface area contributed by atoms with Crippen LogP contribution in [0.25, 0.3) is 0 Å². The molecule has 12 heavy (non-hydrogen) atoms. The van der Waals surface area contributed by atoms with Gasteiger partial charge in [0.2, 0.25) is 0 Å². The first-order valence-electron chi connectivity index (χ1n) is 5.20. The Hall–Kier alpha value is 0.553. The average Bonchev–Trinajstić information content (AvgIpc) is 2.10. The van der Waals surface area contributed by atoms with Crippen LogP contribution in [-0.2, 0) is 23.6 Å². The van der Waals surface area contributed by atoms with Crippen LogP contribution in [0.15, 0.2) is 0 Å². The first-order chi connectivity index (χ1) is 5.51. The molecule has 0 atom stereocenters. The molecular weight excluding hydrogens is 227 g/mol. The van der Waals surface area contributed by atoms with E-state index in [1.807, 2.05) is 6.92 Å². The number of hydrogen-bond donors (Lipinski definition) is 0. The minimum atomic E-state index is -2.85. The number of carbonyl (C=O) groups excluding carboxylic acids is 1. The Morgan fingerprint density at radius 3 is 1.17 bits per heavy atom. The van der Waals surface area contributed by atoms with Crippen LogP contribution in [0.2, 0.25) is 16.5 Å². The van der Waals surface area contributed by atoms with Crippen molar-refractivity contribution in [3.05, 3.63) is 0 Å². The Balaban J connectivity index is 5.12. The molecular formula is C10H23OZr. The molecule has 0 saturated carbocycles. The third-order valence-electron chi connectivity index (χ3n) is 4.70. The predicted molar refractivity (Wildman–Crippen MR) is 52.6 cm³/mol. The fourth-order valence-electron chi connectivity index (χ4n) is 2.50. The van der Waals surface area contributed by atoms with Crippen LogP contribution in [0.4, 0.5) is 0 Å². The molecule has 0 N–H and O–H groups in total. The Morgan fingerprint density at radius 2 is 1.17 bits per heavy atom. The van der Waals surface area contributed by atoms with Crippen molar-refractivity contribution in [3.8, 4) is 0 Å². The van der Waals surface area contributed by atoms with Gasteiger partial charge in [-0.25, -0.2) is 0 Å². The summed E-state index contributed by atoms with van der Waals surface area (Å²) in [6.45, 7) is 10.7. The molecule has 0 fully saturated rings. The van der Waals surface area contributed by atoms with E-state index >= 15 is 0 Å². The zero-order valence-electron chi connectivity index (χ0n) is 9.24. The van der Waals surface area contributed by atoms with E-state index in [-0.39, 0.29) is 0 Å². The maximum atomic E-state index is 11.8. The molecule has 0 radical (unpaired) electrons. The SMILES string of the molecule is C[CH2][Zr]([CH2]C)([CH2]C)([CH2]C)[C](C)=O. The molecule has 0 aromatic carbocycles. The van der Waals surface area contributed by atoms with E-state index < -0.39 is 18.8 Å². The van der Waals surface area contributed by atoms with E-state index in [4.69, 9.17) is 0 Å². The molecule has 0 aliphatic heterocycles. The van der Waals surface area contributed by atoms with Crippen LogP contribution in [-0.4, -0.2) is 3.49 Å². The van der Waals surface area contributed by atoms with Gasteiger partial charge in [-0.05, 0) is 0 Å². The Bertz CT molecular complexity index is 147. The van der Waals surface area contributed by atoms with Crippen molar-refractivity contribution < 1.29 is 23.6 Å². The van der Waals surface area contributed by atoms with Gasteiger partial charge in [-0.3, -0.25) is 0 Å². The summed E-state index contributed by atoms with van der Waals surface area (Å²) in [5, 5.41) is 0. The van der Waals surface area contributed by atoms with Gasteiger partial charge in [0.1, 0.15) is 0 Å². The standard InChI is InChI=1S/C2H3O.4C2H5.Zr/c1-2-3;4*1-2;/h1H3;4*1H2,2H3;. The molecule has 0 aromatic heterocycles. The molecule has 2 heteroatoms. The zero-order chi connectivity index (χ0) is 9.85. The van der Waals surface area contributed by atoms with E-state index in [2.05, 4.69) is 27.7 Å². The molecule has 0 aliphatic carbocycles. The number of carbonyl (C=O) groups is 1. The fourth-order valence-corrected chi connectivity index (χ4v) is 14.8. The molecule has 0 amide bonds. The van der Waals surface area contributed by atoms with Crippen molar-refractivity contribution in [2.24, 2.45) is 0 Å². The van der Waals surface area contributed by atoms with Crippen molar-refractivity contribution in [1.29, 1.82) is 0 Å². The fraction of sp³-hybridized carbons (Fsp3) is 0.900. The second-order valence-electron chi connectivity index (χ2n) is 4.18. The molecule has 0 aromatic rings. The van der Waals surface area contributed by atoms with Crippen LogP contribution in [0.5, 0.6) is 0 Å². The van der Waals surface area contributed by atoms with Crippen molar-refractivity contribution in [1.82, 2.24) is 0 Å². The molecule has 0 unspecified atom stereocenters. The molecule has 0 bridgehead atoms. The van der Waals surface area contributed by atoms with E-state index in [0.29, 0.717) is 3.49 Å². The van der Waals surface area contributed by atoms with Crippen LogP contribution in [0, 0.1) is 0 Å². The summed E-state index contributed by atoms with van der Waals surface area (Å²) in [6.07, 6.45) is 0. The monoisotopic (exact) mass is 249 g/mol. The molecule has 0 spiro atoms. The maximum absolute atomic E-state index is 11.8. The first-order valence-corrected chi connectivity index (χ1v) is 13.4.